The lowest BCUT2D eigenvalue weighted by molar-refractivity contribution is -0.138. The van der Waals surface area contributed by atoms with Gasteiger partial charge in [-0.1, -0.05) is 54.6 Å². The minimum absolute atomic E-state index is 0.0206. The predicted molar refractivity (Wildman–Crippen MR) is 134 cm³/mol. The molecule has 0 fully saturated rings. The zero-order valence-electron chi connectivity index (χ0n) is 19.5. The molecule has 0 saturated carbocycles. The van der Waals surface area contributed by atoms with Gasteiger partial charge in [-0.25, -0.2) is 4.79 Å². The second-order valence-electron chi connectivity index (χ2n) is 8.33. The summed E-state index contributed by atoms with van der Waals surface area (Å²) in [5.74, 6) is -1.26. The van der Waals surface area contributed by atoms with Gasteiger partial charge in [-0.3, -0.25) is 9.59 Å². The van der Waals surface area contributed by atoms with Gasteiger partial charge in [-0.15, -0.1) is 11.3 Å². The fraction of sp³-hybridized carbons (Fsp3) is 0.296. The van der Waals surface area contributed by atoms with Crippen LogP contribution in [0.15, 0.2) is 66.0 Å². The molecule has 1 unspecified atom stereocenters. The lowest BCUT2D eigenvalue weighted by atomic mass is 9.98. The van der Waals surface area contributed by atoms with Crippen LogP contribution < -0.4 is 5.32 Å². The lowest BCUT2D eigenvalue weighted by Gasteiger charge is -2.26. The number of alkyl carbamates (subject to hydrolysis) is 1. The number of amides is 2. The number of carbonyl (C=O) groups is 3. The molecule has 2 amide bonds. The Bertz CT molecular complexity index is 1150. The van der Waals surface area contributed by atoms with Crippen LogP contribution in [0.4, 0.5) is 4.79 Å². The van der Waals surface area contributed by atoms with Crippen molar-refractivity contribution in [1.82, 2.24) is 10.2 Å². The summed E-state index contributed by atoms with van der Waals surface area (Å²) in [6, 6.07) is 18.9. The van der Waals surface area contributed by atoms with E-state index >= 15 is 0 Å². The summed E-state index contributed by atoms with van der Waals surface area (Å²) in [6.07, 6.45) is -0.343. The molecule has 3 aromatic rings. The van der Waals surface area contributed by atoms with Gasteiger partial charge < -0.3 is 20.1 Å². The molecule has 0 aliphatic heterocycles. The first kappa shape index (κ1) is 24.5. The second kappa shape index (κ2) is 11.2. The standard InChI is InChI=1S/C27H28N2O5S/c1-2-29(15-7-14-24(30)31)26(32)25(23-13-8-16-35-23)28-27(33)34-17-22-20-11-5-3-9-18(20)19-10-4-6-12-21(19)22/h3-6,8-13,16,22,25H,2,7,14-15,17H2,1H3,(H,28,33)(H,30,31). The summed E-state index contributed by atoms with van der Waals surface area (Å²) in [5.41, 5.74) is 4.51. The molecule has 2 aromatic carbocycles. The van der Waals surface area contributed by atoms with Crippen molar-refractivity contribution >= 4 is 29.3 Å². The normalized spacial score (nSPS) is 12.9. The van der Waals surface area contributed by atoms with Gasteiger partial charge >= 0.3 is 12.1 Å². The monoisotopic (exact) mass is 492 g/mol. The van der Waals surface area contributed by atoms with Gasteiger partial charge in [0.2, 0.25) is 0 Å². The van der Waals surface area contributed by atoms with Crippen molar-refractivity contribution in [2.45, 2.75) is 31.7 Å². The van der Waals surface area contributed by atoms with Crippen molar-refractivity contribution in [1.29, 1.82) is 0 Å². The van der Waals surface area contributed by atoms with E-state index in [-0.39, 0.29) is 24.9 Å². The maximum absolute atomic E-state index is 13.3. The fourth-order valence-electron chi connectivity index (χ4n) is 4.50. The number of thiophene rings is 1. The van der Waals surface area contributed by atoms with E-state index in [1.165, 1.54) is 11.3 Å². The Balaban J connectivity index is 1.45. The minimum Gasteiger partial charge on any atom is -0.481 e. The molecule has 0 bridgehead atoms. The Morgan fingerprint density at radius 3 is 2.26 bits per heavy atom. The molecule has 182 valence electrons. The van der Waals surface area contributed by atoms with E-state index in [2.05, 4.69) is 29.6 Å². The van der Waals surface area contributed by atoms with Crippen molar-refractivity contribution < 1.29 is 24.2 Å². The van der Waals surface area contributed by atoms with Crippen molar-refractivity contribution in [3.8, 4) is 11.1 Å². The molecule has 0 radical (unpaired) electrons. The Kier molecular flexibility index (Phi) is 7.82. The Morgan fingerprint density at radius 1 is 1.03 bits per heavy atom. The van der Waals surface area contributed by atoms with Crippen LogP contribution >= 0.6 is 11.3 Å². The first-order valence-electron chi connectivity index (χ1n) is 11.6. The first-order chi connectivity index (χ1) is 17.0. The first-order valence-corrected chi connectivity index (χ1v) is 12.5. The van der Waals surface area contributed by atoms with E-state index in [0.29, 0.717) is 24.4 Å². The van der Waals surface area contributed by atoms with Gasteiger partial charge in [0.1, 0.15) is 12.6 Å². The fourth-order valence-corrected chi connectivity index (χ4v) is 5.26. The third-order valence-electron chi connectivity index (χ3n) is 6.19. The number of ether oxygens (including phenoxy) is 1. The van der Waals surface area contributed by atoms with Crippen LogP contribution in [0.25, 0.3) is 11.1 Å². The van der Waals surface area contributed by atoms with Gasteiger partial charge in [-0.2, -0.15) is 0 Å². The van der Waals surface area contributed by atoms with Crippen LogP contribution in [-0.2, 0) is 14.3 Å². The largest absolute Gasteiger partial charge is 0.481 e. The molecule has 8 heteroatoms. The van der Waals surface area contributed by atoms with E-state index in [1.54, 1.807) is 11.0 Å². The number of carboxylic acid groups (broad SMARTS) is 1. The number of benzene rings is 2. The van der Waals surface area contributed by atoms with E-state index < -0.39 is 18.1 Å². The number of nitrogens with zero attached hydrogens (tertiary/aromatic N) is 1. The van der Waals surface area contributed by atoms with Crippen LogP contribution in [-0.4, -0.2) is 47.7 Å². The summed E-state index contributed by atoms with van der Waals surface area (Å²) in [4.78, 5) is 39.3. The van der Waals surface area contributed by atoms with Gasteiger partial charge in [0, 0.05) is 30.3 Å². The number of likely N-dealkylation sites (N-methyl/N-ethyl adjacent to an activating group) is 1. The summed E-state index contributed by atoms with van der Waals surface area (Å²) >= 11 is 1.37. The van der Waals surface area contributed by atoms with Crippen molar-refractivity contribution in [2.24, 2.45) is 0 Å². The zero-order valence-corrected chi connectivity index (χ0v) is 20.3. The molecule has 0 spiro atoms. The SMILES string of the molecule is CCN(CCCC(=O)O)C(=O)C(NC(=O)OCC1c2ccccc2-c2ccccc21)c1cccs1. The van der Waals surface area contributed by atoms with Crippen molar-refractivity contribution in [2.75, 3.05) is 19.7 Å². The van der Waals surface area contributed by atoms with Gasteiger partial charge in [0.05, 0.1) is 0 Å². The molecule has 0 saturated heterocycles. The highest BCUT2D eigenvalue weighted by molar-refractivity contribution is 7.10. The number of nitrogens with one attached hydrogen (secondary N) is 1. The third-order valence-corrected chi connectivity index (χ3v) is 7.13. The van der Waals surface area contributed by atoms with E-state index in [1.807, 2.05) is 42.6 Å². The van der Waals surface area contributed by atoms with Crippen molar-refractivity contribution in [3.63, 3.8) is 0 Å². The van der Waals surface area contributed by atoms with E-state index in [9.17, 15) is 14.4 Å². The molecule has 4 rings (SSSR count). The maximum Gasteiger partial charge on any atom is 0.408 e. The highest BCUT2D eigenvalue weighted by atomic mass is 32.1. The highest BCUT2D eigenvalue weighted by Crippen LogP contribution is 2.44. The van der Waals surface area contributed by atoms with Crippen LogP contribution in [0.2, 0.25) is 0 Å². The topological polar surface area (TPSA) is 95.9 Å². The molecule has 2 N–H and O–H groups in total. The number of carbonyl (C=O) groups excluding carboxylic acids is 2. The van der Waals surface area contributed by atoms with Crippen LogP contribution in [0, 0.1) is 0 Å². The minimum atomic E-state index is -0.903. The number of hydrogen-bond acceptors (Lipinski definition) is 5. The molecule has 1 aromatic heterocycles. The Morgan fingerprint density at radius 2 is 1.69 bits per heavy atom. The number of hydrogen-bond donors (Lipinski definition) is 2. The summed E-state index contributed by atoms with van der Waals surface area (Å²) in [5, 5.41) is 13.5. The Labute approximate surface area is 208 Å². The summed E-state index contributed by atoms with van der Waals surface area (Å²) < 4.78 is 5.65. The van der Waals surface area contributed by atoms with Gasteiger partial charge in [0.25, 0.3) is 5.91 Å². The summed E-state index contributed by atoms with van der Waals surface area (Å²) in [6.45, 7) is 2.70. The number of rotatable bonds is 10. The zero-order chi connectivity index (χ0) is 24.8. The number of carboxylic acids is 1. The molecule has 1 atom stereocenters. The predicted octanol–water partition coefficient (Wildman–Crippen LogP) is 5.04. The van der Waals surface area contributed by atoms with Crippen molar-refractivity contribution in [3.05, 3.63) is 82.0 Å². The van der Waals surface area contributed by atoms with Crippen LogP contribution in [0.5, 0.6) is 0 Å². The molecule has 7 nitrogen and oxygen atoms in total. The smallest absolute Gasteiger partial charge is 0.408 e. The van der Waals surface area contributed by atoms with Crippen LogP contribution in [0.3, 0.4) is 0 Å². The average molecular weight is 493 g/mol. The second-order valence-corrected chi connectivity index (χ2v) is 9.31. The molecule has 1 aliphatic rings. The average Bonchev–Trinajstić information content (AvgIpc) is 3.50. The van der Waals surface area contributed by atoms with Gasteiger partial charge in [-0.05, 0) is 47.0 Å². The number of aliphatic carboxylic acids is 1. The highest BCUT2D eigenvalue weighted by Gasteiger charge is 2.31. The summed E-state index contributed by atoms with van der Waals surface area (Å²) in [7, 11) is 0. The maximum atomic E-state index is 13.3. The molecular formula is C27H28N2O5S. The molecule has 1 aliphatic carbocycles. The van der Waals surface area contributed by atoms with E-state index in [0.717, 1.165) is 22.3 Å². The number of fused-ring (bicyclic) bond motifs is 3. The van der Waals surface area contributed by atoms with Gasteiger partial charge in [0.15, 0.2) is 0 Å². The van der Waals surface area contributed by atoms with E-state index in [4.69, 9.17) is 9.84 Å². The Hall–Kier alpha value is -3.65. The van der Waals surface area contributed by atoms with Crippen LogP contribution in [0.1, 0.15) is 47.7 Å². The molecule has 1 heterocycles. The third kappa shape index (κ3) is 5.54. The lowest BCUT2D eigenvalue weighted by Crippen LogP contribution is -2.43. The molecular weight excluding hydrogens is 464 g/mol. The quantitative estimate of drug-likeness (QED) is 0.413. The molecule has 35 heavy (non-hydrogen) atoms.